The molecule has 0 spiro atoms. The first-order valence-electron chi connectivity index (χ1n) is 6.38. The SMILES string of the molecule is CCOc1ccc(C)cc1C(=O)c1cc(C)c(C)s1. The van der Waals surface area contributed by atoms with Gasteiger partial charge >= 0.3 is 0 Å². The summed E-state index contributed by atoms with van der Waals surface area (Å²) < 4.78 is 5.56. The van der Waals surface area contributed by atoms with E-state index in [9.17, 15) is 4.79 Å². The van der Waals surface area contributed by atoms with E-state index in [1.807, 2.05) is 52.0 Å². The molecule has 0 aliphatic heterocycles. The van der Waals surface area contributed by atoms with Crippen molar-refractivity contribution in [3.8, 4) is 5.75 Å². The second-order valence-electron chi connectivity index (χ2n) is 4.61. The zero-order valence-corrected chi connectivity index (χ0v) is 12.6. The number of hydrogen-bond acceptors (Lipinski definition) is 3. The molecule has 1 heterocycles. The van der Waals surface area contributed by atoms with Gasteiger partial charge < -0.3 is 4.74 Å². The Morgan fingerprint density at radius 3 is 2.53 bits per heavy atom. The van der Waals surface area contributed by atoms with Crippen molar-refractivity contribution in [3.05, 3.63) is 50.7 Å². The highest BCUT2D eigenvalue weighted by Gasteiger charge is 2.17. The molecule has 1 aromatic heterocycles. The normalized spacial score (nSPS) is 10.5. The molecule has 100 valence electrons. The molecule has 0 aliphatic carbocycles. The molecular formula is C16H18O2S. The molecule has 0 bridgehead atoms. The first kappa shape index (κ1) is 13.8. The Hall–Kier alpha value is -1.61. The molecule has 0 unspecified atom stereocenters. The molecular weight excluding hydrogens is 256 g/mol. The lowest BCUT2D eigenvalue weighted by molar-refractivity contribution is 0.103. The van der Waals surface area contributed by atoms with Crippen LogP contribution in [0.2, 0.25) is 0 Å². The van der Waals surface area contributed by atoms with Crippen molar-refractivity contribution in [2.24, 2.45) is 0 Å². The van der Waals surface area contributed by atoms with Crippen molar-refractivity contribution in [2.45, 2.75) is 27.7 Å². The third-order valence-corrected chi connectivity index (χ3v) is 4.22. The molecule has 0 radical (unpaired) electrons. The van der Waals surface area contributed by atoms with Gasteiger partial charge in [-0.2, -0.15) is 0 Å². The van der Waals surface area contributed by atoms with Crippen LogP contribution < -0.4 is 4.74 Å². The van der Waals surface area contributed by atoms with Crippen LogP contribution in [0.3, 0.4) is 0 Å². The van der Waals surface area contributed by atoms with Crippen LogP contribution in [0.4, 0.5) is 0 Å². The first-order chi connectivity index (χ1) is 9.02. The first-order valence-corrected chi connectivity index (χ1v) is 7.19. The minimum absolute atomic E-state index is 0.0494. The number of thiophene rings is 1. The molecule has 0 N–H and O–H groups in total. The molecule has 2 rings (SSSR count). The fourth-order valence-corrected chi connectivity index (χ4v) is 2.91. The second kappa shape index (κ2) is 5.57. The predicted molar refractivity (Wildman–Crippen MR) is 79.6 cm³/mol. The molecule has 3 heteroatoms. The number of hydrogen-bond donors (Lipinski definition) is 0. The van der Waals surface area contributed by atoms with Crippen LogP contribution in [0.5, 0.6) is 5.75 Å². The van der Waals surface area contributed by atoms with E-state index in [0.717, 1.165) is 10.4 Å². The van der Waals surface area contributed by atoms with Crippen molar-refractivity contribution in [1.29, 1.82) is 0 Å². The lowest BCUT2D eigenvalue weighted by Gasteiger charge is -2.09. The van der Waals surface area contributed by atoms with E-state index in [-0.39, 0.29) is 5.78 Å². The summed E-state index contributed by atoms with van der Waals surface area (Å²) in [6, 6.07) is 7.70. The molecule has 0 saturated carbocycles. The van der Waals surface area contributed by atoms with E-state index < -0.39 is 0 Å². The smallest absolute Gasteiger partial charge is 0.206 e. The summed E-state index contributed by atoms with van der Waals surface area (Å²) >= 11 is 1.54. The van der Waals surface area contributed by atoms with Gasteiger partial charge in [-0.05, 0) is 51.5 Å². The van der Waals surface area contributed by atoms with E-state index in [1.165, 1.54) is 10.4 Å². The standard InChI is InChI=1S/C16H18O2S/c1-5-18-14-7-6-10(2)8-13(14)16(17)15-9-11(3)12(4)19-15/h6-9H,5H2,1-4H3. The molecule has 0 atom stereocenters. The lowest BCUT2D eigenvalue weighted by atomic mass is 10.0. The zero-order valence-electron chi connectivity index (χ0n) is 11.7. The Kier molecular flexibility index (Phi) is 4.05. The molecule has 19 heavy (non-hydrogen) atoms. The van der Waals surface area contributed by atoms with E-state index >= 15 is 0 Å². The number of benzene rings is 1. The van der Waals surface area contributed by atoms with E-state index in [4.69, 9.17) is 4.74 Å². The predicted octanol–water partition coefficient (Wildman–Crippen LogP) is 4.30. The molecule has 0 saturated heterocycles. The number of aryl methyl sites for hydroxylation is 3. The number of ketones is 1. The van der Waals surface area contributed by atoms with Crippen LogP contribution in [0, 0.1) is 20.8 Å². The second-order valence-corrected chi connectivity index (χ2v) is 5.87. The highest BCUT2D eigenvalue weighted by Crippen LogP contribution is 2.28. The van der Waals surface area contributed by atoms with Gasteiger partial charge in [0.15, 0.2) is 0 Å². The third kappa shape index (κ3) is 2.87. The van der Waals surface area contributed by atoms with Crippen LogP contribution in [0.15, 0.2) is 24.3 Å². The van der Waals surface area contributed by atoms with Crippen molar-refractivity contribution in [1.82, 2.24) is 0 Å². The summed E-state index contributed by atoms with van der Waals surface area (Å²) in [7, 11) is 0. The Morgan fingerprint density at radius 2 is 1.95 bits per heavy atom. The van der Waals surface area contributed by atoms with Crippen molar-refractivity contribution >= 4 is 17.1 Å². The summed E-state index contributed by atoms with van der Waals surface area (Å²) in [5.74, 6) is 0.718. The third-order valence-electron chi connectivity index (χ3n) is 3.07. The maximum Gasteiger partial charge on any atom is 0.206 e. The summed E-state index contributed by atoms with van der Waals surface area (Å²) in [6.45, 7) is 8.54. The molecule has 0 amide bonds. The average molecular weight is 274 g/mol. The van der Waals surface area contributed by atoms with E-state index in [2.05, 4.69) is 0 Å². The summed E-state index contributed by atoms with van der Waals surface area (Å²) in [5.41, 5.74) is 2.89. The van der Waals surface area contributed by atoms with Gasteiger partial charge in [0, 0.05) is 4.88 Å². The summed E-state index contributed by atoms with van der Waals surface area (Å²) in [4.78, 5) is 14.6. The van der Waals surface area contributed by atoms with Gasteiger partial charge in [-0.3, -0.25) is 4.79 Å². The van der Waals surface area contributed by atoms with Crippen molar-refractivity contribution in [2.75, 3.05) is 6.61 Å². The molecule has 0 aliphatic rings. The van der Waals surface area contributed by atoms with E-state index in [1.54, 1.807) is 11.3 Å². The Bertz CT molecular complexity index is 592. The number of carbonyl (C=O) groups is 1. The number of carbonyl (C=O) groups excluding carboxylic acids is 1. The highest BCUT2D eigenvalue weighted by molar-refractivity contribution is 7.14. The highest BCUT2D eigenvalue weighted by atomic mass is 32.1. The molecule has 2 aromatic rings. The monoisotopic (exact) mass is 274 g/mol. The Labute approximate surface area is 118 Å². The van der Waals surface area contributed by atoms with Gasteiger partial charge in [0.1, 0.15) is 5.75 Å². The number of rotatable bonds is 4. The fraction of sp³-hybridized carbons (Fsp3) is 0.312. The average Bonchev–Trinajstić information content (AvgIpc) is 2.71. The van der Waals surface area contributed by atoms with Crippen LogP contribution in [0.1, 0.15) is 38.2 Å². The number of ether oxygens (including phenoxy) is 1. The fourth-order valence-electron chi connectivity index (χ4n) is 1.92. The van der Waals surface area contributed by atoms with Crippen molar-refractivity contribution < 1.29 is 9.53 Å². The van der Waals surface area contributed by atoms with Crippen LogP contribution in [-0.4, -0.2) is 12.4 Å². The molecule has 2 nitrogen and oxygen atoms in total. The summed E-state index contributed by atoms with van der Waals surface area (Å²) in [6.07, 6.45) is 0. The molecule has 0 fully saturated rings. The van der Waals surface area contributed by atoms with E-state index in [0.29, 0.717) is 17.9 Å². The maximum atomic E-state index is 12.6. The minimum Gasteiger partial charge on any atom is -0.493 e. The molecule has 1 aromatic carbocycles. The van der Waals surface area contributed by atoms with Crippen molar-refractivity contribution in [3.63, 3.8) is 0 Å². The van der Waals surface area contributed by atoms with Gasteiger partial charge in [0.2, 0.25) is 5.78 Å². The Balaban J connectivity index is 2.45. The minimum atomic E-state index is 0.0494. The van der Waals surface area contributed by atoms with Gasteiger partial charge in [0.25, 0.3) is 0 Å². The van der Waals surface area contributed by atoms with Crippen LogP contribution in [-0.2, 0) is 0 Å². The van der Waals surface area contributed by atoms with Crippen LogP contribution >= 0.6 is 11.3 Å². The zero-order chi connectivity index (χ0) is 14.0. The van der Waals surface area contributed by atoms with Crippen LogP contribution in [0.25, 0.3) is 0 Å². The van der Waals surface area contributed by atoms with Gasteiger partial charge in [0.05, 0.1) is 17.0 Å². The Morgan fingerprint density at radius 1 is 1.21 bits per heavy atom. The van der Waals surface area contributed by atoms with Gasteiger partial charge in [-0.25, -0.2) is 0 Å². The lowest BCUT2D eigenvalue weighted by Crippen LogP contribution is -2.04. The van der Waals surface area contributed by atoms with Gasteiger partial charge in [-0.15, -0.1) is 11.3 Å². The maximum absolute atomic E-state index is 12.6. The quantitative estimate of drug-likeness (QED) is 0.777. The summed E-state index contributed by atoms with van der Waals surface area (Å²) in [5, 5.41) is 0. The topological polar surface area (TPSA) is 26.3 Å². The largest absolute Gasteiger partial charge is 0.493 e. The van der Waals surface area contributed by atoms with Gasteiger partial charge in [-0.1, -0.05) is 11.6 Å².